The van der Waals surface area contributed by atoms with Crippen LogP contribution in [0.3, 0.4) is 0 Å². The Balaban J connectivity index is 2.16. The van der Waals surface area contributed by atoms with Gasteiger partial charge in [-0.05, 0) is 18.6 Å². The highest BCUT2D eigenvalue weighted by Crippen LogP contribution is 2.22. The lowest BCUT2D eigenvalue weighted by Crippen LogP contribution is -1.95. The number of rotatable bonds is 8. The lowest BCUT2D eigenvalue weighted by Gasteiger charge is -2.03. The van der Waals surface area contributed by atoms with Crippen LogP contribution in [0.5, 0.6) is 5.75 Å². The van der Waals surface area contributed by atoms with Crippen molar-refractivity contribution in [3.05, 3.63) is 29.8 Å². The maximum absolute atomic E-state index is 11.8. The molecule has 2 nitrogen and oxygen atoms in total. The number of unbranched alkanes of at least 4 members (excludes halogenated alkanes) is 5. The van der Waals surface area contributed by atoms with Gasteiger partial charge in [-0.3, -0.25) is 4.79 Å². The highest BCUT2D eigenvalue weighted by molar-refractivity contribution is 8.14. The normalized spacial score (nSPS) is 10.5. The summed E-state index contributed by atoms with van der Waals surface area (Å²) in [6.07, 6.45) is 7.41. The number of benzene rings is 1. The second kappa shape index (κ2) is 9.03. The average molecular weight is 266 g/mol. The third-order valence-electron chi connectivity index (χ3n) is 2.86. The van der Waals surface area contributed by atoms with Gasteiger partial charge in [0.05, 0.1) is 5.56 Å². The van der Waals surface area contributed by atoms with Crippen molar-refractivity contribution in [2.75, 3.05) is 5.75 Å². The minimum Gasteiger partial charge on any atom is -0.507 e. The summed E-state index contributed by atoms with van der Waals surface area (Å²) in [6, 6.07) is 6.73. The van der Waals surface area contributed by atoms with Gasteiger partial charge in [0.15, 0.2) is 0 Å². The first kappa shape index (κ1) is 15.1. The number of phenolic OH excluding ortho intramolecular Hbond substituents is 1. The van der Waals surface area contributed by atoms with Crippen LogP contribution in [-0.4, -0.2) is 16.0 Å². The fourth-order valence-corrected chi connectivity index (χ4v) is 2.63. The fourth-order valence-electron chi connectivity index (χ4n) is 1.77. The monoisotopic (exact) mass is 266 g/mol. The number of carbonyl (C=O) groups is 1. The van der Waals surface area contributed by atoms with Crippen molar-refractivity contribution in [3.8, 4) is 5.75 Å². The Labute approximate surface area is 114 Å². The fraction of sp³-hybridized carbons (Fsp3) is 0.533. The van der Waals surface area contributed by atoms with Crippen molar-refractivity contribution in [1.29, 1.82) is 0 Å². The van der Waals surface area contributed by atoms with E-state index in [0.717, 1.165) is 12.2 Å². The summed E-state index contributed by atoms with van der Waals surface area (Å²) < 4.78 is 0. The molecule has 3 heteroatoms. The van der Waals surface area contributed by atoms with Crippen molar-refractivity contribution in [1.82, 2.24) is 0 Å². The third-order valence-corrected chi connectivity index (χ3v) is 3.83. The van der Waals surface area contributed by atoms with Gasteiger partial charge in [-0.25, -0.2) is 0 Å². The quantitative estimate of drug-likeness (QED) is 0.697. The number of thioether (sulfide) groups is 1. The van der Waals surface area contributed by atoms with Gasteiger partial charge < -0.3 is 5.11 Å². The number of hydrogen-bond acceptors (Lipinski definition) is 3. The molecule has 1 N–H and O–H groups in total. The molecule has 1 aromatic carbocycles. The largest absolute Gasteiger partial charge is 0.507 e. The molecule has 0 aliphatic carbocycles. The molecule has 0 heterocycles. The molecule has 0 fully saturated rings. The van der Waals surface area contributed by atoms with Crippen LogP contribution in [0.25, 0.3) is 0 Å². The van der Waals surface area contributed by atoms with E-state index in [1.165, 1.54) is 43.9 Å². The Morgan fingerprint density at radius 1 is 1.11 bits per heavy atom. The Bertz CT molecular complexity index is 363. The Kier molecular flexibility index (Phi) is 7.58. The van der Waals surface area contributed by atoms with E-state index in [2.05, 4.69) is 6.92 Å². The SMILES string of the molecule is CCCCCCCCSC(=O)c1ccccc1O. The molecular weight excluding hydrogens is 244 g/mol. The van der Waals surface area contributed by atoms with Gasteiger partial charge in [0.1, 0.15) is 5.75 Å². The molecular formula is C15H22O2S. The zero-order valence-corrected chi connectivity index (χ0v) is 11.8. The molecule has 0 aliphatic heterocycles. The van der Waals surface area contributed by atoms with Gasteiger partial charge in [0.25, 0.3) is 0 Å². The van der Waals surface area contributed by atoms with Gasteiger partial charge in [0, 0.05) is 5.75 Å². The van der Waals surface area contributed by atoms with Crippen molar-refractivity contribution in [2.45, 2.75) is 45.4 Å². The number of para-hydroxylation sites is 1. The molecule has 0 radical (unpaired) electrons. The van der Waals surface area contributed by atoms with Crippen molar-refractivity contribution in [3.63, 3.8) is 0 Å². The highest BCUT2D eigenvalue weighted by atomic mass is 32.2. The van der Waals surface area contributed by atoms with E-state index in [1.807, 2.05) is 0 Å². The van der Waals surface area contributed by atoms with E-state index in [-0.39, 0.29) is 10.9 Å². The molecule has 0 amide bonds. The minimum atomic E-state index is -0.0262. The minimum absolute atomic E-state index is 0.0262. The second-order valence-electron chi connectivity index (χ2n) is 4.42. The Morgan fingerprint density at radius 3 is 2.50 bits per heavy atom. The molecule has 0 saturated carbocycles. The maximum Gasteiger partial charge on any atom is 0.223 e. The van der Waals surface area contributed by atoms with E-state index in [1.54, 1.807) is 24.3 Å². The molecule has 18 heavy (non-hydrogen) atoms. The van der Waals surface area contributed by atoms with Gasteiger partial charge >= 0.3 is 0 Å². The smallest absolute Gasteiger partial charge is 0.223 e. The predicted molar refractivity (Wildman–Crippen MR) is 78.3 cm³/mol. The average Bonchev–Trinajstić information content (AvgIpc) is 2.38. The molecule has 0 aromatic heterocycles. The van der Waals surface area contributed by atoms with E-state index in [0.29, 0.717) is 5.56 Å². The summed E-state index contributed by atoms with van der Waals surface area (Å²) in [6.45, 7) is 2.21. The van der Waals surface area contributed by atoms with Crippen molar-refractivity contribution < 1.29 is 9.90 Å². The molecule has 100 valence electrons. The summed E-state index contributed by atoms with van der Waals surface area (Å²) in [5, 5.41) is 9.52. The summed E-state index contributed by atoms with van der Waals surface area (Å²) in [4.78, 5) is 11.8. The topological polar surface area (TPSA) is 37.3 Å². The van der Waals surface area contributed by atoms with Crippen LogP contribution in [0.2, 0.25) is 0 Å². The van der Waals surface area contributed by atoms with Gasteiger partial charge in [0.2, 0.25) is 5.12 Å². The van der Waals surface area contributed by atoms with E-state index < -0.39 is 0 Å². The number of phenols is 1. The summed E-state index contributed by atoms with van der Waals surface area (Å²) in [7, 11) is 0. The lowest BCUT2D eigenvalue weighted by molar-refractivity contribution is 0.108. The molecule has 1 rings (SSSR count). The van der Waals surface area contributed by atoms with Crippen molar-refractivity contribution >= 4 is 16.9 Å². The zero-order chi connectivity index (χ0) is 13.2. The van der Waals surface area contributed by atoms with E-state index in [9.17, 15) is 9.90 Å². The Hall–Kier alpha value is -0.960. The summed E-state index contributed by atoms with van der Waals surface area (Å²) >= 11 is 1.31. The van der Waals surface area contributed by atoms with Gasteiger partial charge in [-0.15, -0.1) is 0 Å². The standard InChI is InChI=1S/C15H22O2S/c1-2-3-4-5-6-9-12-18-15(17)13-10-7-8-11-14(13)16/h7-8,10-11,16H,2-6,9,12H2,1H3. The molecule has 0 unspecified atom stereocenters. The molecule has 0 bridgehead atoms. The molecule has 1 aromatic rings. The highest BCUT2D eigenvalue weighted by Gasteiger charge is 2.10. The Morgan fingerprint density at radius 2 is 1.78 bits per heavy atom. The second-order valence-corrected chi connectivity index (χ2v) is 5.49. The molecule has 0 atom stereocenters. The first-order valence-corrected chi connectivity index (χ1v) is 7.69. The zero-order valence-electron chi connectivity index (χ0n) is 11.0. The third kappa shape index (κ3) is 5.58. The van der Waals surface area contributed by atoms with Crippen LogP contribution < -0.4 is 0 Å². The van der Waals surface area contributed by atoms with Gasteiger partial charge in [-0.2, -0.15) is 0 Å². The van der Waals surface area contributed by atoms with E-state index >= 15 is 0 Å². The summed E-state index contributed by atoms with van der Waals surface area (Å²) in [5.74, 6) is 0.928. The van der Waals surface area contributed by atoms with Crippen LogP contribution >= 0.6 is 11.8 Å². The first-order chi connectivity index (χ1) is 8.75. The van der Waals surface area contributed by atoms with Crippen molar-refractivity contribution in [2.24, 2.45) is 0 Å². The lowest BCUT2D eigenvalue weighted by atomic mass is 10.1. The van der Waals surface area contributed by atoms with Crippen LogP contribution in [-0.2, 0) is 0 Å². The molecule has 0 spiro atoms. The van der Waals surface area contributed by atoms with Crippen LogP contribution in [0.1, 0.15) is 55.8 Å². The number of carbonyl (C=O) groups excluding carboxylic acids is 1. The van der Waals surface area contributed by atoms with Crippen LogP contribution in [0.15, 0.2) is 24.3 Å². The molecule has 0 aliphatic rings. The van der Waals surface area contributed by atoms with Crippen LogP contribution in [0, 0.1) is 0 Å². The maximum atomic E-state index is 11.8. The number of aromatic hydroxyl groups is 1. The summed E-state index contributed by atoms with van der Waals surface area (Å²) in [5.41, 5.74) is 0.425. The first-order valence-electron chi connectivity index (χ1n) is 6.70. The van der Waals surface area contributed by atoms with E-state index in [4.69, 9.17) is 0 Å². The van der Waals surface area contributed by atoms with Gasteiger partial charge in [-0.1, -0.05) is 62.9 Å². The van der Waals surface area contributed by atoms with Crippen LogP contribution in [0.4, 0.5) is 0 Å². The number of hydrogen-bond donors (Lipinski definition) is 1. The molecule has 0 saturated heterocycles. The predicted octanol–water partition coefficient (Wildman–Crippen LogP) is 4.63.